The minimum absolute atomic E-state index is 0. The lowest BCUT2D eigenvalue weighted by Crippen LogP contribution is -1.91. The Morgan fingerprint density at radius 2 is 1.59 bits per heavy atom. The van der Waals surface area contributed by atoms with Crippen LogP contribution >= 0.6 is 32.8 Å². The second kappa shape index (κ2) is 7.79. The van der Waals surface area contributed by atoms with E-state index in [1.54, 1.807) is 0 Å². The first-order valence-corrected chi connectivity index (χ1v) is 6.46. The lowest BCUT2D eigenvalue weighted by Gasteiger charge is -2.11. The summed E-state index contributed by atoms with van der Waals surface area (Å²) in [6, 6.07) is 13.0. The Kier molecular flexibility index (Phi) is 7.58. The van der Waals surface area contributed by atoms with Crippen LogP contribution in [0.3, 0.4) is 0 Å². The van der Waals surface area contributed by atoms with Gasteiger partial charge in [-0.25, -0.2) is 0 Å². The molecular formula is C13H13Cl2PS. The van der Waals surface area contributed by atoms with E-state index in [2.05, 4.69) is 68.4 Å². The van der Waals surface area contributed by atoms with Gasteiger partial charge in [0.1, 0.15) is 0 Å². The van der Waals surface area contributed by atoms with Gasteiger partial charge < -0.3 is 0 Å². The van der Waals surface area contributed by atoms with Crippen molar-refractivity contribution in [3.63, 3.8) is 0 Å². The Labute approximate surface area is 121 Å². The lowest BCUT2D eigenvalue weighted by atomic mass is 9.93. The molecule has 0 saturated heterocycles. The van der Waals surface area contributed by atoms with Crippen LogP contribution in [-0.2, 0) is 18.2 Å². The van der Waals surface area contributed by atoms with Gasteiger partial charge in [-0.2, -0.15) is 0 Å². The van der Waals surface area contributed by atoms with Crippen LogP contribution in [0.4, 0.5) is 0 Å². The molecule has 0 spiro atoms. The third-order valence-corrected chi connectivity index (χ3v) is 2.66. The molecule has 0 radical (unpaired) electrons. The van der Waals surface area contributed by atoms with Crippen molar-refractivity contribution < 1.29 is 0 Å². The van der Waals surface area contributed by atoms with Crippen LogP contribution in [0.25, 0.3) is 16.8 Å². The SMILES string of the molecule is C1=Cc2cccc3cccc(c23)C1.Cl.Cl.P=S. The zero-order valence-electron chi connectivity index (χ0n) is 9.05. The maximum absolute atomic E-state index is 3.89. The van der Waals surface area contributed by atoms with Crippen molar-refractivity contribution in [2.75, 3.05) is 0 Å². The summed E-state index contributed by atoms with van der Waals surface area (Å²) in [6.45, 7) is 0. The van der Waals surface area contributed by atoms with E-state index in [0.29, 0.717) is 0 Å². The highest BCUT2D eigenvalue weighted by Crippen LogP contribution is 2.27. The molecule has 2 aromatic carbocycles. The number of halogens is 2. The molecule has 0 bridgehead atoms. The van der Waals surface area contributed by atoms with Gasteiger partial charge in [0.15, 0.2) is 0 Å². The average Bonchev–Trinajstić information content (AvgIpc) is 2.33. The number of hydrogen-bond acceptors (Lipinski definition) is 1. The van der Waals surface area contributed by atoms with Gasteiger partial charge in [0.25, 0.3) is 0 Å². The van der Waals surface area contributed by atoms with Crippen molar-refractivity contribution in [1.29, 1.82) is 0 Å². The van der Waals surface area contributed by atoms with Gasteiger partial charge in [0.2, 0.25) is 0 Å². The molecule has 0 unspecified atom stereocenters. The Bertz CT molecular complexity index is 521. The number of hydrogen-bond donors (Lipinski definition) is 0. The molecule has 2 aromatic rings. The normalized spacial score (nSPS) is 10.6. The van der Waals surface area contributed by atoms with Gasteiger partial charge in [-0.05, 0) is 36.3 Å². The molecule has 1 aliphatic carbocycles. The first kappa shape index (κ1) is 16.5. The molecule has 0 fully saturated rings. The molecule has 0 saturated carbocycles. The molecule has 90 valence electrons. The molecular weight excluding hydrogens is 290 g/mol. The molecule has 0 nitrogen and oxygen atoms in total. The van der Waals surface area contributed by atoms with E-state index in [1.165, 1.54) is 21.9 Å². The van der Waals surface area contributed by atoms with E-state index in [-0.39, 0.29) is 24.8 Å². The summed E-state index contributed by atoms with van der Waals surface area (Å²) in [4.78, 5) is 0. The minimum Gasteiger partial charge on any atom is -0.147 e. The van der Waals surface area contributed by atoms with Gasteiger partial charge in [-0.1, -0.05) is 60.4 Å². The van der Waals surface area contributed by atoms with Gasteiger partial charge >= 0.3 is 0 Å². The molecule has 0 amide bonds. The van der Waals surface area contributed by atoms with Crippen molar-refractivity contribution in [1.82, 2.24) is 0 Å². The third kappa shape index (κ3) is 3.26. The third-order valence-electron chi connectivity index (χ3n) is 2.66. The van der Waals surface area contributed by atoms with Gasteiger partial charge in [-0.3, -0.25) is 0 Å². The standard InChI is InChI=1S/C13H10.2ClH.HPS/c1-4-10-6-2-8-12-9-3-7-11(5-1)13(10)12;;;1-2/h1-8H,9H2;2*1H;1H. The predicted octanol–water partition coefficient (Wildman–Crippen LogP) is 4.84. The van der Waals surface area contributed by atoms with Crippen molar-refractivity contribution in [2.24, 2.45) is 0 Å². The maximum Gasteiger partial charge on any atom is -0.00763 e. The molecule has 3 rings (SSSR count). The number of allylic oxidation sites excluding steroid dienone is 1. The Morgan fingerprint density at radius 1 is 0.941 bits per heavy atom. The fourth-order valence-corrected chi connectivity index (χ4v) is 2.07. The Balaban J connectivity index is 0.000000611. The Morgan fingerprint density at radius 3 is 2.29 bits per heavy atom. The quantitative estimate of drug-likeness (QED) is 0.627. The van der Waals surface area contributed by atoms with Gasteiger partial charge in [-0.15, -0.1) is 24.8 Å². The molecule has 1 aliphatic rings. The first-order valence-electron chi connectivity index (χ1n) is 4.83. The smallest absolute Gasteiger partial charge is 0.00763 e. The van der Waals surface area contributed by atoms with Crippen LogP contribution < -0.4 is 0 Å². The lowest BCUT2D eigenvalue weighted by molar-refractivity contribution is 1.29. The van der Waals surface area contributed by atoms with E-state index in [4.69, 9.17) is 0 Å². The van der Waals surface area contributed by atoms with Gasteiger partial charge in [0, 0.05) is 0 Å². The topological polar surface area (TPSA) is 0 Å². The average molecular weight is 303 g/mol. The van der Waals surface area contributed by atoms with Crippen molar-refractivity contribution >= 4 is 61.5 Å². The molecule has 0 heterocycles. The molecule has 4 heteroatoms. The molecule has 0 N–H and O–H groups in total. The van der Waals surface area contributed by atoms with Crippen molar-refractivity contribution in [2.45, 2.75) is 6.42 Å². The van der Waals surface area contributed by atoms with Crippen LogP contribution in [0.5, 0.6) is 0 Å². The van der Waals surface area contributed by atoms with Crippen LogP contribution in [0.1, 0.15) is 11.1 Å². The zero-order valence-corrected chi connectivity index (χ0v) is 12.5. The van der Waals surface area contributed by atoms with E-state index in [9.17, 15) is 0 Å². The fraction of sp³-hybridized carbons (Fsp3) is 0.0769. The molecule has 0 aromatic heterocycles. The van der Waals surface area contributed by atoms with Crippen LogP contribution in [0.15, 0.2) is 42.5 Å². The van der Waals surface area contributed by atoms with E-state index < -0.39 is 0 Å². The highest BCUT2D eigenvalue weighted by molar-refractivity contribution is 7.88. The summed E-state index contributed by atoms with van der Waals surface area (Å²) in [5.74, 6) is 0. The molecule has 0 atom stereocenters. The highest BCUT2D eigenvalue weighted by atomic mass is 35.5. The second-order valence-electron chi connectivity index (χ2n) is 3.47. The van der Waals surface area contributed by atoms with Crippen LogP contribution in [-0.4, -0.2) is 0 Å². The van der Waals surface area contributed by atoms with E-state index in [0.717, 1.165) is 6.42 Å². The number of rotatable bonds is 0. The largest absolute Gasteiger partial charge is 0.147 e. The molecule has 17 heavy (non-hydrogen) atoms. The summed E-state index contributed by atoms with van der Waals surface area (Å²) in [6.07, 6.45) is 5.53. The fourth-order valence-electron chi connectivity index (χ4n) is 2.07. The van der Waals surface area contributed by atoms with E-state index >= 15 is 0 Å². The summed E-state index contributed by atoms with van der Waals surface area (Å²) < 4.78 is 0. The predicted molar refractivity (Wildman–Crippen MR) is 86.9 cm³/mol. The minimum atomic E-state index is 0. The summed E-state index contributed by atoms with van der Waals surface area (Å²) in [7, 11) is 2.56. The highest BCUT2D eigenvalue weighted by Gasteiger charge is 2.06. The number of benzene rings is 2. The molecule has 0 aliphatic heterocycles. The summed E-state index contributed by atoms with van der Waals surface area (Å²) in [5.41, 5.74) is 2.81. The maximum atomic E-state index is 3.89. The Hall–Kier alpha value is -0.460. The van der Waals surface area contributed by atoms with Gasteiger partial charge in [0.05, 0.1) is 0 Å². The monoisotopic (exact) mass is 302 g/mol. The van der Waals surface area contributed by atoms with Crippen LogP contribution in [0, 0.1) is 0 Å². The van der Waals surface area contributed by atoms with Crippen molar-refractivity contribution in [3.05, 3.63) is 53.6 Å². The second-order valence-corrected chi connectivity index (χ2v) is 3.47. The van der Waals surface area contributed by atoms with Crippen molar-refractivity contribution in [3.8, 4) is 0 Å². The van der Waals surface area contributed by atoms with E-state index in [1.807, 2.05) is 0 Å². The van der Waals surface area contributed by atoms with Crippen LogP contribution in [0.2, 0.25) is 0 Å². The first-order chi connectivity index (χ1) is 7.45. The summed E-state index contributed by atoms with van der Waals surface area (Å²) in [5, 5.41) is 2.80. The zero-order chi connectivity index (χ0) is 10.7. The summed E-state index contributed by atoms with van der Waals surface area (Å²) >= 11 is 3.89.